The van der Waals surface area contributed by atoms with E-state index in [4.69, 9.17) is 23.2 Å². The van der Waals surface area contributed by atoms with Crippen LogP contribution < -0.4 is 5.32 Å². The lowest BCUT2D eigenvalue weighted by Gasteiger charge is -2.25. The fourth-order valence-electron chi connectivity index (χ4n) is 2.70. The molecule has 0 spiro atoms. The van der Waals surface area contributed by atoms with Gasteiger partial charge >= 0.3 is 0 Å². The number of hydrogen-bond donors (Lipinski definition) is 3. The minimum Gasteiger partial charge on any atom is -0.504 e. The van der Waals surface area contributed by atoms with Crippen LogP contribution in [0.4, 0.5) is 0 Å². The second-order valence-electron chi connectivity index (χ2n) is 4.97. The lowest BCUT2D eigenvalue weighted by Crippen LogP contribution is -2.87. The van der Waals surface area contributed by atoms with Crippen LogP contribution in [-0.4, -0.2) is 16.8 Å². The van der Waals surface area contributed by atoms with Crippen molar-refractivity contribution in [1.29, 1.82) is 0 Å². The quantitative estimate of drug-likeness (QED) is 0.709. The van der Waals surface area contributed by atoms with Crippen molar-refractivity contribution in [3.8, 4) is 11.5 Å². The van der Waals surface area contributed by atoms with Crippen LogP contribution in [0.1, 0.15) is 22.7 Å². The number of fused-ring (bicyclic) bond motifs is 1. The average molecular weight is 311 g/mol. The summed E-state index contributed by atoms with van der Waals surface area (Å²) in [5.41, 5.74) is 3.09. The fraction of sp³-hybridized carbons (Fsp3) is 0.200. The van der Waals surface area contributed by atoms with Crippen LogP contribution in [0, 0.1) is 0 Å². The second kappa shape index (κ2) is 5.17. The van der Waals surface area contributed by atoms with Gasteiger partial charge in [-0.15, -0.1) is 0 Å². The molecule has 5 heteroatoms. The molecule has 1 aliphatic heterocycles. The van der Waals surface area contributed by atoms with Crippen molar-refractivity contribution in [3.05, 3.63) is 57.1 Å². The summed E-state index contributed by atoms with van der Waals surface area (Å²) < 4.78 is 0. The highest BCUT2D eigenvalue weighted by atomic mass is 35.5. The third-order valence-electron chi connectivity index (χ3n) is 3.69. The molecule has 1 atom stereocenters. The first-order valence-electron chi connectivity index (χ1n) is 6.39. The molecular formula is C15H14Cl2NO2+. The average Bonchev–Trinajstić information content (AvgIpc) is 2.43. The first-order valence-corrected chi connectivity index (χ1v) is 7.15. The zero-order chi connectivity index (χ0) is 14.3. The maximum absolute atomic E-state index is 9.73. The van der Waals surface area contributed by atoms with Gasteiger partial charge in [0.1, 0.15) is 6.04 Å². The van der Waals surface area contributed by atoms with Crippen molar-refractivity contribution in [3.63, 3.8) is 0 Å². The van der Waals surface area contributed by atoms with E-state index in [1.807, 2.05) is 12.1 Å². The van der Waals surface area contributed by atoms with Crippen molar-refractivity contribution < 1.29 is 15.5 Å². The molecule has 0 radical (unpaired) electrons. The molecule has 4 N–H and O–H groups in total. The van der Waals surface area contributed by atoms with E-state index in [1.165, 1.54) is 0 Å². The molecule has 0 bridgehead atoms. The molecule has 104 valence electrons. The molecule has 3 rings (SSSR count). The molecule has 3 nitrogen and oxygen atoms in total. The summed E-state index contributed by atoms with van der Waals surface area (Å²) in [4.78, 5) is 0. The number of halogens is 2. The molecule has 0 aliphatic carbocycles. The molecule has 2 aromatic rings. The SMILES string of the molecule is Oc1cc2c(cc1O)[C@H](c1ccc(Cl)c(Cl)c1)[NH2+]CC2. The van der Waals surface area contributed by atoms with Gasteiger partial charge < -0.3 is 15.5 Å². The maximum atomic E-state index is 9.73. The van der Waals surface area contributed by atoms with E-state index in [0.29, 0.717) is 10.0 Å². The minimum atomic E-state index is -0.0934. The standard InChI is InChI=1S/C15H13Cl2NO2/c16-11-2-1-9(5-12(11)17)15-10-7-14(20)13(19)6-8(10)3-4-18-15/h1-2,5-7,15,18-20H,3-4H2/p+1/t15-/m0/s1. The Bertz CT molecular complexity index is 673. The normalized spacial score (nSPS) is 17.8. The van der Waals surface area contributed by atoms with Gasteiger partial charge in [-0.25, -0.2) is 0 Å². The zero-order valence-corrected chi connectivity index (χ0v) is 12.1. The first-order chi connectivity index (χ1) is 9.56. The topological polar surface area (TPSA) is 57.1 Å². The summed E-state index contributed by atoms with van der Waals surface area (Å²) in [7, 11) is 0. The van der Waals surface area contributed by atoms with Crippen LogP contribution >= 0.6 is 23.2 Å². The van der Waals surface area contributed by atoms with Crippen molar-refractivity contribution in [2.45, 2.75) is 12.5 Å². The molecule has 1 aliphatic rings. The summed E-state index contributed by atoms with van der Waals surface area (Å²) in [5.74, 6) is -0.164. The number of phenolic OH excluding ortho intramolecular Hbond substituents is 2. The fourth-order valence-corrected chi connectivity index (χ4v) is 3.00. The van der Waals surface area contributed by atoms with Gasteiger partial charge in [-0.05, 0) is 29.8 Å². The molecule has 2 aromatic carbocycles. The van der Waals surface area contributed by atoms with E-state index in [9.17, 15) is 10.2 Å². The lowest BCUT2D eigenvalue weighted by atomic mass is 9.89. The molecule has 0 amide bonds. The molecule has 0 saturated carbocycles. The van der Waals surface area contributed by atoms with E-state index >= 15 is 0 Å². The van der Waals surface area contributed by atoms with Crippen LogP contribution in [0.3, 0.4) is 0 Å². The first kappa shape index (κ1) is 13.6. The highest BCUT2D eigenvalue weighted by Gasteiger charge is 2.26. The van der Waals surface area contributed by atoms with Crippen LogP contribution in [0.25, 0.3) is 0 Å². The van der Waals surface area contributed by atoms with Crippen molar-refractivity contribution >= 4 is 23.2 Å². The Labute approximate surface area is 126 Å². The number of benzene rings is 2. The molecule has 0 unspecified atom stereocenters. The molecular weight excluding hydrogens is 297 g/mol. The molecule has 0 aromatic heterocycles. The Hall–Kier alpha value is -1.42. The predicted molar refractivity (Wildman–Crippen MR) is 78.6 cm³/mol. The molecule has 0 saturated heterocycles. The number of aromatic hydroxyl groups is 2. The number of phenols is 2. The third kappa shape index (κ3) is 2.33. The number of rotatable bonds is 1. The smallest absolute Gasteiger partial charge is 0.157 e. The predicted octanol–water partition coefficient (Wildman–Crippen LogP) is 2.61. The Morgan fingerprint density at radius 2 is 1.75 bits per heavy atom. The maximum Gasteiger partial charge on any atom is 0.157 e. The third-order valence-corrected chi connectivity index (χ3v) is 4.43. The van der Waals surface area contributed by atoms with E-state index in [1.54, 1.807) is 18.2 Å². The van der Waals surface area contributed by atoms with Crippen LogP contribution in [-0.2, 0) is 6.42 Å². The zero-order valence-electron chi connectivity index (χ0n) is 10.6. The van der Waals surface area contributed by atoms with Crippen LogP contribution in [0.15, 0.2) is 30.3 Å². The number of nitrogens with two attached hydrogens (primary N) is 1. The number of quaternary nitrogens is 1. The summed E-state index contributed by atoms with van der Waals surface area (Å²) in [5, 5.41) is 22.6. The second-order valence-corrected chi connectivity index (χ2v) is 5.78. The van der Waals surface area contributed by atoms with Crippen molar-refractivity contribution in [2.75, 3.05) is 6.54 Å². The van der Waals surface area contributed by atoms with Gasteiger partial charge in [0.05, 0.1) is 16.6 Å². The largest absolute Gasteiger partial charge is 0.504 e. The van der Waals surface area contributed by atoms with Crippen molar-refractivity contribution in [1.82, 2.24) is 0 Å². The highest BCUT2D eigenvalue weighted by Crippen LogP contribution is 2.35. The van der Waals surface area contributed by atoms with Crippen LogP contribution in [0.2, 0.25) is 10.0 Å². The van der Waals surface area contributed by atoms with E-state index in [-0.39, 0.29) is 17.5 Å². The van der Waals surface area contributed by atoms with Crippen LogP contribution in [0.5, 0.6) is 11.5 Å². The van der Waals surface area contributed by atoms with E-state index < -0.39 is 0 Å². The summed E-state index contributed by atoms with van der Waals surface area (Å²) in [6.07, 6.45) is 0.862. The lowest BCUT2D eigenvalue weighted by molar-refractivity contribution is -0.690. The Balaban J connectivity index is 2.09. The molecule has 1 heterocycles. The van der Waals surface area contributed by atoms with Gasteiger partial charge in [-0.1, -0.05) is 29.3 Å². The van der Waals surface area contributed by atoms with E-state index in [0.717, 1.165) is 29.7 Å². The van der Waals surface area contributed by atoms with Gasteiger partial charge in [0.25, 0.3) is 0 Å². The number of hydrogen-bond acceptors (Lipinski definition) is 2. The Kier molecular flexibility index (Phi) is 3.50. The monoisotopic (exact) mass is 310 g/mol. The van der Waals surface area contributed by atoms with Gasteiger partial charge in [0.15, 0.2) is 11.5 Å². The van der Waals surface area contributed by atoms with Gasteiger partial charge in [0.2, 0.25) is 0 Å². The highest BCUT2D eigenvalue weighted by molar-refractivity contribution is 6.42. The summed E-state index contributed by atoms with van der Waals surface area (Å²) >= 11 is 12.0. The Morgan fingerprint density at radius 1 is 1.00 bits per heavy atom. The van der Waals surface area contributed by atoms with Gasteiger partial charge in [-0.3, -0.25) is 0 Å². The van der Waals surface area contributed by atoms with E-state index in [2.05, 4.69) is 5.32 Å². The van der Waals surface area contributed by atoms with Gasteiger partial charge in [0, 0.05) is 17.5 Å². The van der Waals surface area contributed by atoms with Crippen molar-refractivity contribution in [2.24, 2.45) is 0 Å². The Morgan fingerprint density at radius 3 is 2.50 bits per heavy atom. The summed E-state index contributed by atoms with van der Waals surface area (Å²) in [6, 6.07) is 8.90. The van der Waals surface area contributed by atoms with Gasteiger partial charge in [-0.2, -0.15) is 0 Å². The minimum absolute atomic E-state index is 0.0556. The molecule has 20 heavy (non-hydrogen) atoms. The molecule has 0 fully saturated rings. The summed E-state index contributed by atoms with van der Waals surface area (Å²) in [6.45, 7) is 0.919.